The van der Waals surface area contributed by atoms with Crippen molar-refractivity contribution in [2.75, 3.05) is 6.54 Å². The molecular formula is C13H26N2O2. The summed E-state index contributed by atoms with van der Waals surface area (Å²) in [6.45, 7) is 2.88. The second kappa shape index (κ2) is 7.67. The number of carbonyl (C=O) groups is 1. The second-order valence-corrected chi connectivity index (χ2v) is 5.16. The predicted molar refractivity (Wildman–Crippen MR) is 68.5 cm³/mol. The van der Waals surface area contributed by atoms with Crippen LogP contribution >= 0.6 is 0 Å². The number of hydrogen-bond acceptors (Lipinski definition) is 3. The van der Waals surface area contributed by atoms with E-state index in [-0.39, 0.29) is 18.1 Å². The normalized spacial score (nSPS) is 25.1. The van der Waals surface area contributed by atoms with Gasteiger partial charge in [-0.1, -0.05) is 19.8 Å². The number of nitrogens with one attached hydrogen (secondary N) is 1. The average molecular weight is 242 g/mol. The van der Waals surface area contributed by atoms with Gasteiger partial charge in [-0.3, -0.25) is 4.79 Å². The van der Waals surface area contributed by atoms with Gasteiger partial charge >= 0.3 is 0 Å². The molecule has 1 unspecified atom stereocenters. The average Bonchev–Trinajstić information content (AvgIpc) is 2.24. The van der Waals surface area contributed by atoms with Gasteiger partial charge in [-0.05, 0) is 38.1 Å². The fraction of sp³-hybridized carbons (Fsp3) is 0.923. The highest BCUT2D eigenvalue weighted by Gasteiger charge is 2.28. The molecule has 0 heterocycles. The van der Waals surface area contributed by atoms with Crippen LogP contribution in [-0.2, 0) is 4.79 Å². The van der Waals surface area contributed by atoms with E-state index < -0.39 is 0 Å². The maximum atomic E-state index is 11.6. The van der Waals surface area contributed by atoms with Gasteiger partial charge < -0.3 is 16.2 Å². The van der Waals surface area contributed by atoms with Gasteiger partial charge in [0.25, 0.3) is 0 Å². The van der Waals surface area contributed by atoms with Crippen molar-refractivity contribution < 1.29 is 9.90 Å². The smallest absolute Gasteiger partial charge is 0.220 e. The number of rotatable bonds is 8. The molecule has 0 radical (unpaired) electrons. The zero-order valence-corrected chi connectivity index (χ0v) is 10.8. The molecule has 4 N–H and O–H groups in total. The fourth-order valence-corrected chi connectivity index (χ4v) is 2.42. The highest BCUT2D eigenvalue weighted by Crippen LogP contribution is 2.20. The lowest BCUT2D eigenvalue weighted by molar-refractivity contribution is -0.123. The molecule has 0 bridgehead atoms. The minimum Gasteiger partial charge on any atom is -0.393 e. The Morgan fingerprint density at radius 1 is 1.41 bits per heavy atom. The van der Waals surface area contributed by atoms with Crippen molar-refractivity contribution in [3.05, 3.63) is 0 Å². The van der Waals surface area contributed by atoms with E-state index in [0.29, 0.717) is 31.7 Å². The Hall–Kier alpha value is -0.610. The number of aliphatic hydroxyl groups is 1. The Morgan fingerprint density at radius 2 is 2.12 bits per heavy atom. The van der Waals surface area contributed by atoms with E-state index in [9.17, 15) is 4.79 Å². The lowest BCUT2D eigenvalue weighted by atomic mass is 9.89. The largest absolute Gasteiger partial charge is 0.393 e. The van der Waals surface area contributed by atoms with Crippen LogP contribution in [0.3, 0.4) is 0 Å². The lowest BCUT2D eigenvalue weighted by Crippen LogP contribution is -2.46. The van der Waals surface area contributed by atoms with Crippen LogP contribution in [0.1, 0.15) is 51.9 Å². The van der Waals surface area contributed by atoms with Crippen molar-refractivity contribution in [3.8, 4) is 0 Å². The fourth-order valence-electron chi connectivity index (χ4n) is 2.42. The molecule has 100 valence electrons. The maximum Gasteiger partial charge on any atom is 0.220 e. The van der Waals surface area contributed by atoms with E-state index in [4.69, 9.17) is 10.8 Å². The van der Waals surface area contributed by atoms with Crippen molar-refractivity contribution in [3.63, 3.8) is 0 Å². The molecule has 1 fully saturated rings. The van der Waals surface area contributed by atoms with E-state index in [1.165, 1.54) is 0 Å². The van der Waals surface area contributed by atoms with Crippen molar-refractivity contribution in [2.24, 2.45) is 11.7 Å². The number of nitrogens with two attached hydrogens (primary N) is 1. The van der Waals surface area contributed by atoms with E-state index in [0.717, 1.165) is 25.7 Å². The van der Waals surface area contributed by atoms with Gasteiger partial charge in [0.05, 0.1) is 6.10 Å². The SMILES string of the molecule is CCCC(CCN)CCC(=O)NC1CC(O)C1. The first-order valence-electron chi connectivity index (χ1n) is 6.83. The number of hydrogen-bond donors (Lipinski definition) is 3. The van der Waals surface area contributed by atoms with Gasteiger partial charge in [0, 0.05) is 12.5 Å². The molecule has 0 aromatic rings. The summed E-state index contributed by atoms with van der Waals surface area (Å²) in [5.41, 5.74) is 5.56. The summed E-state index contributed by atoms with van der Waals surface area (Å²) in [5, 5.41) is 12.1. The summed E-state index contributed by atoms with van der Waals surface area (Å²) < 4.78 is 0. The molecule has 4 nitrogen and oxygen atoms in total. The van der Waals surface area contributed by atoms with Gasteiger partial charge in [-0.15, -0.1) is 0 Å². The van der Waals surface area contributed by atoms with Crippen molar-refractivity contribution in [2.45, 2.75) is 64.0 Å². The zero-order valence-electron chi connectivity index (χ0n) is 10.8. The zero-order chi connectivity index (χ0) is 12.7. The molecule has 1 rings (SSSR count). The molecule has 1 saturated carbocycles. The maximum absolute atomic E-state index is 11.6. The lowest BCUT2D eigenvalue weighted by Gasteiger charge is -2.32. The van der Waals surface area contributed by atoms with Crippen molar-refractivity contribution >= 4 is 5.91 Å². The molecule has 0 saturated heterocycles. The van der Waals surface area contributed by atoms with E-state index in [1.54, 1.807) is 0 Å². The van der Waals surface area contributed by atoms with Gasteiger partial charge in [-0.25, -0.2) is 0 Å². The Morgan fingerprint density at radius 3 is 2.65 bits per heavy atom. The van der Waals surface area contributed by atoms with Crippen LogP contribution in [0.4, 0.5) is 0 Å². The Balaban J connectivity index is 2.12. The van der Waals surface area contributed by atoms with Gasteiger partial charge in [0.1, 0.15) is 0 Å². The first-order valence-corrected chi connectivity index (χ1v) is 6.83. The molecule has 0 spiro atoms. The van der Waals surface area contributed by atoms with E-state index in [2.05, 4.69) is 12.2 Å². The molecule has 0 aromatic carbocycles. The van der Waals surface area contributed by atoms with Gasteiger partial charge in [0.15, 0.2) is 0 Å². The first kappa shape index (κ1) is 14.5. The molecule has 1 aliphatic rings. The molecule has 17 heavy (non-hydrogen) atoms. The number of carbonyl (C=O) groups excluding carboxylic acids is 1. The van der Waals surface area contributed by atoms with Crippen LogP contribution in [0.15, 0.2) is 0 Å². The molecule has 1 aliphatic carbocycles. The van der Waals surface area contributed by atoms with Crippen LogP contribution < -0.4 is 11.1 Å². The summed E-state index contributed by atoms with van der Waals surface area (Å²) in [4.78, 5) is 11.6. The van der Waals surface area contributed by atoms with Gasteiger partial charge in [-0.2, -0.15) is 0 Å². The first-order chi connectivity index (χ1) is 8.15. The van der Waals surface area contributed by atoms with Crippen LogP contribution in [0.25, 0.3) is 0 Å². The Kier molecular flexibility index (Phi) is 6.52. The third kappa shape index (κ3) is 5.50. The van der Waals surface area contributed by atoms with Crippen molar-refractivity contribution in [1.29, 1.82) is 0 Å². The Bertz CT molecular complexity index is 221. The third-order valence-corrected chi connectivity index (χ3v) is 3.53. The minimum absolute atomic E-state index is 0.125. The third-order valence-electron chi connectivity index (χ3n) is 3.53. The van der Waals surface area contributed by atoms with Crippen LogP contribution in [0.5, 0.6) is 0 Å². The summed E-state index contributed by atoms with van der Waals surface area (Å²) in [6, 6.07) is 0.205. The summed E-state index contributed by atoms with van der Waals surface area (Å²) in [7, 11) is 0. The number of amides is 1. The monoisotopic (exact) mass is 242 g/mol. The Labute approximate surface area is 104 Å². The molecule has 4 heteroatoms. The van der Waals surface area contributed by atoms with Crippen LogP contribution in [-0.4, -0.2) is 29.7 Å². The molecule has 1 amide bonds. The quantitative estimate of drug-likeness (QED) is 0.598. The number of aliphatic hydroxyl groups excluding tert-OH is 1. The predicted octanol–water partition coefficient (Wildman–Crippen LogP) is 1.17. The summed E-state index contributed by atoms with van der Waals surface area (Å²) >= 11 is 0. The standard InChI is InChI=1S/C13H26N2O2/c1-2-3-10(6-7-14)4-5-13(17)15-11-8-12(16)9-11/h10-12,16H,2-9,14H2,1H3,(H,15,17). The second-order valence-electron chi connectivity index (χ2n) is 5.16. The highest BCUT2D eigenvalue weighted by atomic mass is 16.3. The van der Waals surface area contributed by atoms with Crippen LogP contribution in [0, 0.1) is 5.92 Å². The van der Waals surface area contributed by atoms with E-state index in [1.807, 2.05) is 0 Å². The van der Waals surface area contributed by atoms with Gasteiger partial charge in [0.2, 0.25) is 5.91 Å². The molecular weight excluding hydrogens is 216 g/mol. The topological polar surface area (TPSA) is 75.4 Å². The minimum atomic E-state index is -0.203. The summed E-state index contributed by atoms with van der Waals surface area (Å²) in [5.74, 6) is 0.711. The summed E-state index contributed by atoms with van der Waals surface area (Å²) in [6.07, 6.45) is 6.09. The molecule has 0 aromatic heterocycles. The van der Waals surface area contributed by atoms with Crippen LogP contribution in [0.2, 0.25) is 0 Å². The van der Waals surface area contributed by atoms with E-state index >= 15 is 0 Å². The van der Waals surface area contributed by atoms with Crippen molar-refractivity contribution in [1.82, 2.24) is 5.32 Å². The molecule has 1 atom stereocenters. The molecule has 0 aliphatic heterocycles. The highest BCUT2D eigenvalue weighted by molar-refractivity contribution is 5.76.